The Morgan fingerprint density at radius 1 is 0.824 bits per heavy atom. The van der Waals surface area contributed by atoms with Gasteiger partial charge in [-0.2, -0.15) is 0 Å². The minimum atomic E-state index is 0.0175. The molecule has 1 saturated heterocycles. The molecule has 0 spiro atoms. The second kappa shape index (κ2) is 8.90. The van der Waals surface area contributed by atoms with Gasteiger partial charge in [-0.25, -0.2) is 0 Å². The van der Waals surface area contributed by atoms with Crippen molar-refractivity contribution in [2.24, 2.45) is 5.41 Å². The van der Waals surface area contributed by atoms with Crippen LogP contribution in [0.2, 0.25) is 0 Å². The standard InChI is InChI=1S/C29H28N2O2S/c1-29-17-5-4-8-28(29)33-21-31(19-29)24-11-15-26(16-12-24)34-25-13-9-23(10-14-25)30-18-22-6-2-3-7-27(22)32-20-30/h2-17,28H,18-21H2,1H3. The zero-order valence-electron chi connectivity index (χ0n) is 19.3. The average Bonchev–Trinajstić information content (AvgIpc) is 2.88. The molecule has 3 aromatic carbocycles. The van der Waals surface area contributed by atoms with Crippen LogP contribution in [0.1, 0.15) is 12.5 Å². The van der Waals surface area contributed by atoms with Crippen LogP contribution in [0.4, 0.5) is 11.4 Å². The molecule has 1 fully saturated rings. The van der Waals surface area contributed by atoms with E-state index in [1.807, 2.05) is 12.1 Å². The van der Waals surface area contributed by atoms with Crippen LogP contribution in [-0.2, 0) is 11.3 Å². The maximum absolute atomic E-state index is 6.13. The lowest BCUT2D eigenvalue weighted by molar-refractivity contribution is -0.0114. The number of nitrogens with zero attached hydrogens (tertiary/aromatic N) is 2. The van der Waals surface area contributed by atoms with Gasteiger partial charge in [0, 0.05) is 45.2 Å². The molecule has 0 N–H and O–H groups in total. The molecule has 2 heterocycles. The molecule has 2 aliphatic heterocycles. The molecule has 6 rings (SSSR count). The van der Waals surface area contributed by atoms with Gasteiger partial charge >= 0.3 is 0 Å². The highest BCUT2D eigenvalue weighted by Gasteiger charge is 2.38. The van der Waals surface area contributed by atoms with Gasteiger partial charge in [-0.15, -0.1) is 0 Å². The summed E-state index contributed by atoms with van der Waals surface area (Å²) >= 11 is 1.78. The van der Waals surface area contributed by atoms with Gasteiger partial charge < -0.3 is 19.3 Å². The van der Waals surface area contributed by atoms with Crippen LogP contribution >= 0.6 is 11.8 Å². The number of fused-ring (bicyclic) bond motifs is 2. The van der Waals surface area contributed by atoms with Gasteiger partial charge in [-0.05, 0) is 54.6 Å². The Morgan fingerprint density at radius 3 is 2.29 bits per heavy atom. The molecule has 3 aliphatic rings. The lowest BCUT2D eigenvalue weighted by Crippen LogP contribution is -2.50. The van der Waals surface area contributed by atoms with E-state index in [2.05, 4.69) is 102 Å². The highest BCUT2D eigenvalue weighted by atomic mass is 32.2. The number of hydrogen-bond donors (Lipinski definition) is 0. The Kier molecular flexibility index (Phi) is 5.60. The molecule has 0 saturated carbocycles. The van der Waals surface area contributed by atoms with Gasteiger partial charge in [0.1, 0.15) is 12.5 Å². The molecule has 2 atom stereocenters. The molecule has 4 nitrogen and oxygen atoms in total. The van der Waals surface area contributed by atoms with Crippen LogP contribution in [0.25, 0.3) is 0 Å². The summed E-state index contributed by atoms with van der Waals surface area (Å²) < 4.78 is 12.0. The van der Waals surface area contributed by atoms with E-state index in [1.54, 1.807) is 11.8 Å². The first kappa shape index (κ1) is 21.4. The van der Waals surface area contributed by atoms with Gasteiger partial charge in [0.15, 0.2) is 6.73 Å². The van der Waals surface area contributed by atoms with E-state index < -0.39 is 0 Å². The van der Waals surface area contributed by atoms with Crippen LogP contribution in [-0.4, -0.2) is 26.1 Å². The van der Waals surface area contributed by atoms with Crippen LogP contribution < -0.4 is 14.5 Å². The SMILES string of the molecule is CC12C=CC=CC1OCN(c1ccc(Sc3ccc(N4COc5ccccc5C4)cc3)cc1)C2. The number of allylic oxidation sites excluding steroid dienone is 2. The lowest BCUT2D eigenvalue weighted by atomic mass is 9.79. The van der Waals surface area contributed by atoms with Gasteiger partial charge in [-0.3, -0.25) is 0 Å². The molecule has 0 bridgehead atoms. The van der Waals surface area contributed by atoms with Crippen molar-refractivity contribution < 1.29 is 9.47 Å². The van der Waals surface area contributed by atoms with Crippen molar-refractivity contribution in [3.05, 3.63) is 103 Å². The van der Waals surface area contributed by atoms with E-state index in [0.717, 1.165) is 18.8 Å². The zero-order valence-corrected chi connectivity index (χ0v) is 20.1. The smallest absolute Gasteiger partial charge is 0.161 e. The molecule has 172 valence electrons. The number of hydrogen-bond acceptors (Lipinski definition) is 5. The van der Waals surface area contributed by atoms with Crippen LogP contribution in [0, 0.1) is 5.41 Å². The van der Waals surface area contributed by atoms with Gasteiger partial charge in [0.25, 0.3) is 0 Å². The summed E-state index contributed by atoms with van der Waals surface area (Å²) in [6.45, 7) is 5.30. The highest BCUT2D eigenvalue weighted by Crippen LogP contribution is 2.37. The number of anilines is 2. The van der Waals surface area contributed by atoms with E-state index in [4.69, 9.17) is 9.47 Å². The fraction of sp³-hybridized carbons (Fsp3) is 0.241. The third-order valence-corrected chi connectivity index (χ3v) is 7.83. The van der Waals surface area contributed by atoms with Gasteiger partial charge in [0.2, 0.25) is 0 Å². The highest BCUT2D eigenvalue weighted by molar-refractivity contribution is 7.99. The summed E-state index contributed by atoms with van der Waals surface area (Å²) in [6.07, 6.45) is 8.82. The monoisotopic (exact) mass is 468 g/mol. The van der Waals surface area contributed by atoms with Crippen molar-refractivity contribution >= 4 is 23.1 Å². The van der Waals surface area contributed by atoms with E-state index in [0.29, 0.717) is 13.5 Å². The number of para-hydroxylation sites is 1. The molecule has 3 aromatic rings. The van der Waals surface area contributed by atoms with Crippen LogP contribution in [0.3, 0.4) is 0 Å². The summed E-state index contributed by atoms with van der Waals surface area (Å²) in [7, 11) is 0. The van der Waals surface area contributed by atoms with E-state index >= 15 is 0 Å². The minimum Gasteiger partial charge on any atom is -0.473 e. The molecule has 0 radical (unpaired) electrons. The van der Waals surface area contributed by atoms with E-state index in [-0.39, 0.29) is 11.5 Å². The van der Waals surface area contributed by atoms with Crippen molar-refractivity contribution in [2.45, 2.75) is 29.4 Å². The predicted octanol–water partition coefficient (Wildman–Crippen LogP) is 6.49. The van der Waals surface area contributed by atoms with Crippen molar-refractivity contribution in [3.63, 3.8) is 0 Å². The zero-order chi connectivity index (χ0) is 23.0. The molecule has 0 amide bonds. The Morgan fingerprint density at radius 2 is 1.53 bits per heavy atom. The van der Waals surface area contributed by atoms with Crippen LogP contribution in [0.15, 0.2) is 107 Å². The summed E-state index contributed by atoms with van der Waals surface area (Å²) in [6, 6.07) is 25.8. The average molecular weight is 469 g/mol. The summed E-state index contributed by atoms with van der Waals surface area (Å²) in [5.41, 5.74) is 3.63. The van der Waals surface area contributed by atoms with Crippen molar-refractivity contribution in [2.75, 3.05) is 29.8 Å². The number of ether oxygens (including phenoxy) is 2. The first-order valence-electron chi connectivity index (χ1n) is 11.7. The van der Waals surface area contributed by atoms with Crippen molar-refractivity contribution in [3.8, 4) is 5.75 Å². The van der Waals surface area contributed by atoms with Crippen LogP contribution in [0.5, 0.6) is 5.75 Å². The predicted molar refractivity (Wildman–Crippen MR) is 139 cm³/mol. The summed E-state index contributed by atoms with van der Waals surface area (Å²) in [5.74, 6) is 0.992. The summed E-state index contributed by atoms with van der Waals surface area (Å²) in [5, 5.41) is 0. The molecule has 34 heavy (non-hydrogen) atoms. The third-order valence-electron chi connectivity index (χ3n) is 6.81. The first-order chi connectivity index (χ1) is 16.7. The Bertz CT molecular complexity index is 1220. The Labute approximate surface area is 205 Å². The Balaban J connectivity index is 1.09. The number of benzene rings is 3. The molecule has 0 aromatic heterocycles. The molecule has 5 heteroatoms. The molecule has 1 aliphatic carbocycles. The number of rotatable bonds is 4. The normalized spacial score (nSPS) is 23.3. The van der Waals surface area contributed by atoms with E-state index in [1.165, 1.54) is 26.7 Å². The fourth-order valence-corrected chi connectivity index (χ4v) is 5.68. The van der Waals surface area contributed by atoms with E-state index in [9.17, 15) is 0 Å². The van der Waals surface area contributed by atoms with Gasteiger partial charge in [0.05, 0.1) is 6.10 Å². The fourth-order valence-electron chi connectivity index (χ4n) is 4.86. The maximum Gasteiger partial charge on any atom is 0.161 e. The molecular formula is C29H28N2O2S. The molecular weight excluding hydrogens is 440 g/mol. The van der Waals surface area contributed by atoms with Crippen molar-refractivity contribution in [1.82, 2.24) is 0 Å². The summed E-state index contributed by atoms with van der Waals surface area (Å²) in [4.78, 5) is 7.04. The second-order valence-corrected chi connectivity index (χ2v) is 10.5. The minimum absolute atomic E-state index is 0.0175. The topological polar surface area (TPSA) is 24.9 Å². The lowest BCUT2D eigenvalue weighted by Gasteiger charge is -2.45. The first-order valence-corrected chi connectivity index (χ1v) is 12.5. The second-order valence-electron chi connectivity index (χ2n) is 9.33. The Hall–Kier alpha value is -3.15. The maximum atomic E-state index is 6.13. The quantitative estimate of drug-likeness (QED) is 0.436. The van der Waals surface area contributed by atoms with Crippen molar-refractivity contribution in [1.29, 1.82) is 0 Å². The van der Waals surface area contributed by atoms with Gasteiger partial charge in [-0.1, -0.05) is 61.2 Å². The third kappa shape index (κ3) is 4.22. The largest absolute Gasteiger partial charge is 0.473 e. The molecule has 2 unspecified atom stereocenters.